The fraction of sp³-hybridized carbons (Fsp3) is 0.364. The van der Waals surface area contributed by atoms with Gasteiger partial charge in [0.15, 0.2) is 11.5 Å². The van der Waals surface area contributed by atoms with E-state index >= 15 is 0 Å². The fourth-order valence-corrected chi connectivity index (χ4v) is 3.52. The number of methoxy groups -OCH3 is 2. The van der Waals surface area contributed by atoms with Gasteiger partial charge in [0.2, 0.25) is 0 Å². The fourth-order valence-electron chi connectivity index (χ4n) is 3.52. The van der Waals surface area contributed by atoms with Gasteiger partial charge in [-0.1, -0.05) is 24.3 Å². The van der Waals surface area contributed by atoms with E-state index in [9.17, 15) is 5.11 Å². The van der Waals surface area contributed by atoms with Crippen molar-refractivity contribution in [2.24, 2.45) is 0 Å². The van der Waals surface area contributed by atoms with Crippen molar-refractivity contribution < 1.29 is 14.6 Å². The van der Waals surface area contributed by atoms with Crippen LogP contribution in [0.5, 0.6) is 11.5 Å². The Labute approximate surface area is 160 Å². The molecule has 5 heteroatoms. The van der Waals surface area contributed by atoms with Crippen LogP contribution in [-0.2, 0) is 13.1 Å². The summed E-state index contributed by atoms with van der Waals surface area (Å²) in [4.78, 5) is 5.77. The molecule has 27 heavy (non-hydrogen) atoms. The summed E-state index contributed by atoms with van der Waals surface area (Å²) in [7, 11) is 3.28. The van der Waals surface area contributed by atoms with E-state index in [1.54, 1.807) is 14.2 Å². The minimum Gasteiger partial charge on any atom is -0.493 e. The number of aryl methyl sites for hydroxylation is 1. The first-order valence-electron chi connectivity index (χ1n) is 9.19. The van der Waals surface area contributed by atoms with Gasteiger partial charge < -0.3 is 19.6 Å². The molecule has 0 aliphatic heterocycles. The third-order valence-corrected chi connectivity index (χ3v) is 4.83. The molecule has 0 bridgehead atoms. The molecule has 3 rings (SSSR count). The van der Waals surface area contributed by atoms with Gasteiger partial charge in [-0.2, -0.15) is 0 Å². The van der Waals surface area contributed by atoms with E-state index in [-0.39, 0.29) is 0 Å². The molecule has 1 heterocycles. The first kappa shape index (κ1) is 19.3. The summed E-state index contributed by atoms with van der Waals surface area (Å²) >= 11 is 0. The standard InChI is InChI=1S/C22H28N2O3/c1-15(25)12-24(13-17-9-10-21(26-3)22(11-17)27-4)14-20-16(2)18-7-5-6-8-19(18)23-20/h5-11,15,23,25H,12-14H2,1-4H3/t15-/m1/s1. The average molecular weight is 368 g/mol. The highest BCUT2D eigenvalue weighted by molar-refractivity contribution is 5.84. The van der Waals surface area contributed by atoms with Crippen LogP contribution in [0.25, 0.3) is 10.9 Å². The molecule has 0 fully saturated rings. The van der Waals surface area contributed by atoms with Crippen LogP contribution in [-0.4, -0.2) is 41.9 Å². The number of hydrogen-bond acceptors (Lipinski definition) is 4. The van der Waals surface area contributed by atoms with Gasteiger partial charge in [0.1, 0.15) is 0 Å². The number of benzene rings is 2. The maximum absolute atomic E-state index is 9.97. The largest absolute Gasteiger partial charge is 0.493 e. The van der Waals surface area contributed by atoms with Crippen LogP contribution in [0, 0.1) is 6.92 Å². The summed E-state index contributed by atoms with van der Waals surface area (Å²) < 4.78 is 10.7. The Balaban J connectivity index is 1.84. The van der Waals surface area contributed by atoms with E-state index in [4.69, 9.17) is 9.47 Å². The van der Waals surface area contributed by atoms with Crippen molar-refractivity contribution in [1.29, 1.82) is 0 Å². The van der Waals surface area contributed by atoms with Crippen molar-refractivity contribution in [3.05, 3.63) is 59.3 Å². The second kappa shape index (κ2) is 8.46. The van der Waals surface area contributed by atoms with Crippen LogP contribution < -0.4 is 9.47 Å². The first-order chi connectivity index (χ1) is 13.0. The number of aromatic amines is 1. The molecule has 5 nitrogen and oxygen atoms in total. The Morgan fingerprint density at radius 3 is 2.44 bits per heavy atom. The number of aliphatic hydroxyl groups excluding tert-OH is 1. The number of ether oxygens (including phenoxy) is 2. The molecule has 0 aliphatic carbocycles. The molecule has 144 valence electrons. The maximum Gasteiger partial charge on any atom is 0.161 e. The zero-order valence-corrected chi connectivity index (χ0v) is 16.5. The molecular weight excluding hydrogens is 340 g/mol. The monoisotopic (exact) mass is 368 g/mol. The van der Waals surface area contributed by atoms with Gasteiger partial charge in [0.05, 0.1) is 20.3 Å². The number of aromatic nitrogens is 1. The number of aliphatic hydroxyl groups is 1. The van der Waals surface area contributed by atoms with Gasteiger partial charge in [-0.05, 0) is 43.2 Å². The van der Waals surface area contributed by atoms with Gasteiger partial charge in [-0.15, -0.1) is 0 Å². The van der Waals surface area contributed by atoms with Crippen molar-refractivity contribution in [2.75, 3.05) is 20.8 Å². The molecule has 1 aromatic heterocycles. The minimum absolute atomic E-state index is 0.408. The quantitative estimate of drug-likeness (QED) is 0.634. The maximum atomic E-state index is 9.97. The third-order valence-electron chi connectivity index (χ3n) is 4.83. The zero-order valence-electron chi connectivity index (χ0n) is 16.5. The number of para-hydroxylation sites is 1. The van der Waals surface area contributed by atoms with Crippen molar-refractivity contribution in [2.45, 2.75) is 33.0 Å². The van der Waals surface area contributed by atoms with Crippen LogP contribution in [0.1, 0.15) is 23.7 Å². The van der Waals surface area contributed by atoms with E-state index in [1.807, 2.05) is 31.2 Å². The van der Waals surface area contributed by atoms with Crippen LogP contribution >= 0.6 is 0 Å². The molecule has 0 aliphatic rings. The van der Waals surface area contributed by atoms with Gasteiger partial charge in [0, 0.05) is 36.2 Å². The second-order valence-corrected chi connectivity index (χ2v) is 6.98. The molecule has 0 amide bonds. The second-order valence-electron chi connectivity index (χ2n) is 6.98. The summed E-state index contributed by atoms with van der Waals surface area (Å²) in [5, 5.41) is 11.2. The summed E-state index contributed by atoms with van der Waals surface area (Å²) in [5.74, 6) is 1.43. The Morgan fingerprint density at radius 1 is 1.04 bits per heavy atom. The number of rotatable bonds is 8. The summed E-state index contributed by atoms with van der Waals surface area (Å²) in [5.41, 5.74) is 4.70. The van der Waals surface area contributed by atoms with E-state index in [2.05, 4.69) is 35.0 Å². The molecule has 2 N–H and O–H groups in total. The van der Waals surface area contributed by atoms with Crippen molar-refractivity contribution in [1.82, 2.24) is 9.88 Å². The lowest BCUT2D eigenvalue weighted by Crippen LogP contribution is -2.30. The number of fused-ring (bicyclic) bond motifs is 1. The third kappa shape index (κ3) is 4.43. The van der Waals surface area contributed by atoms with Crippen LogP contribution in [0.3, 0.4) is 0 Å². The van der Waals surface area contributed by atoms with E-state index in [0.717, 1.165) is 23.4 Å². The smallest absolute Gasteiger partial charge is 0.161 e. The lowest BCUT2D eigenvalue weighted by Gasteiger charge is -2.24. The molecule has 0 unspecified atom stereocenters. The molecular formula is C22H28N2O3. The minimum atomic E-state index is -0.408. The highest BCUT2D eigenvalue weighted by Gasteiger charge is 2.15. The predicted octanol–water partition coefficient (Wildman–Crippen LogP) is 3.88. The van der Waals surface area contributed by atoms with Gasteiger partial charge in [-0.25, -0.2) is 0 Å². The Kier molecular flexibility index (Phi) is 6.04. The highest BCUT2D eigenvalue weighted by Crippen LogP contribution is 2.29. The highest BCUT2D eigenvalue weighted by atomic mass is 16.5. The average Bonchev–Trinajstić information content (AvgIpc) is 2.97. The van der Waals surface area contributed by atoms with Crippen molar-refractivity contribution >= 4 is 10.9 Å². The van der Waals surface area contributed by atoms with E-state index < -0.39 is 6.10 Å². The molecule has 0 spiro atoms. The Bertz CT molecular complexity index is 902. The Morgan fingerprint density at radius 2 is 1.78 bits per heavy atom. The number of nitrogens with one attached hydrogen (secondary N) is 1. The Hall–Kier alpha value is -2.50. The van der Waals surface area contributed by atoms with E-state index in [1.165, 1.54) is 16.6 Å². The van der Waals surface area contributed by atoms with Crippen molar-refractivity contribution in [3.8, 4) is 11.5 Å². The van der Waals surface area contributed by atoms with Gasteiger partial charge in [0.25, 0.3) is 0 Å². The normalized spacial score (nSPS) is 12.5. The lowest BCUT2D eigenvalue weighted by atomic mass is 10.1. The van der Waals surface area contributed by atoms with Crippen LogP contribution in [0.4, 0.5) is 0 Å². The molecule has 0 radical (unpaired) electrons. The zero-order chi connectivity index (χ0) is 19.4. The van der Waals surface area contributed by atoms with Crippen LogP contribution in [0.2, 0.25) is 0 Å². The molecule has 1 atom stereocenters. The molecule has 0 saturated carbocycles. The summed E-state index contributed by atoms with van der Waals surface area (Å²) in [6.07, 6.45) is -0.408. The lowest BCUT2D eigenvalue weighted by molar-refractivity contribution is 0.117. The van der Waals surface area contributed by atoms with Gasteiger partial charge >= 0.3 is 0 Å². The van der Waals surface area contributed by atoms with Crippen molar-refractivity contribution in [3.63, 3.8) is 0 Å². The van der Waals surface area contributed by atoms with Gasteiger partial charge in [-0.3, -0.25) is 4.90 Å². The number of hydrogen-bond donors (Lipinski definition) is 2. The first-order valence-corrected chi connectivity index (χ1v) is 9.19. The van der Waals surface area contributed by atoms with Crippen LogP contribution in [0.15, 0.2) is 42.5 Å². The predicted molar refractivity (Wildman–Crippen MR) is 108 cm³/mol. The molecule has 3 aromatic rings. The molecule has 0 saturated heterocycles. The SMILES string of the molecule is COc1ccc(CN(Cc2[nH]c3ccccc3c2C)C[C@@H](C)O)cc1OC. The molecule has 2 aromatic carbocycles. The van der Waals surface area contributed by atoms with E-state index in [0.29, 0.717) is 18.8 Å². The summed E-state index contributed by atoms with van der Waals surface area (Å²) in [6.45, 7) is 5.99. The summed E-state index contributed by atoms with van der Waals surface area (Å²) in [6, 6.07) is 14.3. The topological polar surface area (TPSA) is 57.7 Å². The number of nitrogens with zero attached hydrogens (tertiary/aromatic N) is 1. The number of H-pyrrole nitrogens is 1.